The zero-order valence-electron chi connectivity index (χ0n) is 14.5. The van der Waals surface area contributed by atoms with Crippen LogP contribution >= 0.6 is 0 Å². The van der Waals surface area contributed by atoms with Gasteiger partial charge in [-0.2, -0.15) is 0 Å². The van der Waals surface area contributed by atoms with E-state index in [1.54, 1.807) is 0 Å². The molecule has 1 heterocycles. The molecule has 0 radical (unpaired) electrons. The van der Waals surface area contributed by atoms with Gasteiger partial charge in [-0.3, -0.25) is 4.79 Å². The first kappa shape index (κ1) is 18.5. The molecular weight excluding hydrogens is 260 g/mol. The van der Waals surface area contributed by atoms with Gasteiger partial charge in [0.2, 0.25) is 5.91 Å². The van der Waals surface area contributed by atoms with Gasteiger partial charge in [-0.05, 0) is 31.7 Å². The summed E-state index contributed by atoms with van der Waals surface area (Å²) in [5, 5.41) is 3.61. The second kappa shape index (κ2) is 11.1. The fraction of sp³-hybridized carbons (Fsp3) is 0.944. The van der Waals surface area contributed by atoms with E-state index in [4.69, 9.17) is 0 Å². The second-order valence-corrected chi connectivity index (χ2v) is 6.68. The number of piperidine rings is 1. The van der Waals surface area contributed by atoms with E-state index < -0.39 is 0 Å². The molecule has 124 valence electrons. The van der Waals surface area contributed by atoms with Crippen molar-refractivity contribution in [3.05, 3.63) is 0 Å². The van der Waals surface area contributed by atoms with Gasteiger partial charge in [0.15, 0.2) is 0 Å². The van der Waals surface area contributed by atoms with E-state index in [9.17, 15) is 4.79 Å². The fourth-order valence-electron chi connectivity index (χ4n) is 3.22. The molecule has 0 aromatic carbocycles. The first-order valence-corrected chi connectivity index (χ1v) is 9.20. The van der Waals surface area contributed by atoms with Crippen LogP contribution in [0.15, 0.2) is 0 Å². The van der Waals surface area contributed by atoms with Crippen molar-refractivity contribution in [2.45, 2.75) is 84.6 Å². The van der Waals surface area contributed by atoms with Gasteiger partial charge in [-0.1, -0.05) is 52.9 Å². The van der Waals surface area contributed by atoms with Crippen LogP contribution in [0.5, 0.6) is 0 Å². The number of unbranched alkanes of at least 4 members (excludes halogenated alkanes) is 5. The van der Waals surface area contributed by atoms with E-state index in [-0.39, 0.29) is 0 Å². The first-order valence-electron chi connectivity index (χ1n) is 9.20. The largest absolute Gasteiger partial charge is 0.342 e. The second-order valence-electron chi connectivity index (χ2n) is 6.68. The van der Waals surface area contributed by atoms with Crippen molar-refractivity contribution in [3.63, 3.8) is 0 Å². The molecule has 3 heteroatoms. The molecule has 0 aromatic rings. The Morgan fingerprint density at radius 3 is 2.48 bits per heavy atom. The summed E-state index contributed by atoms with van der Waals surface area (Å²) in [7, 11) is 0. The minimum absolute atomic E-state index is 0.381. The van der Waals surface area contributed by atoms with Crippen molar-refractivity contribution >= 4 is 5.91 Å². The van der Waals surface area contributed by atoms with E-state index in [1.807, 2.05) is 0 Å². The molecule has 0 spiro atoms. The lowest BCUT2D eigenvalue weighted by Crippen LogP contribution is -2.50. The summed E-state index contributed by atoms with van der Waals surface area (Å²) in [5.74, 6) is 0.963. The summed E-state index contributed by atoms with van der Waals surface area (Å²) < 4.78 is 0. The molecular formula is C18H36N2O. The van der Waals surface area contributed by atoms with Gasteiger partial charge < -0.3 is 10.2 Å². The lowest BCUT2D eigenvalue weighted by Gasteiger charge is -2.37. The molecule has 1 saturated heterocycles. The Bertz CT molecular complexity index is 280. The third-order valence-corrected chi connectivity index (χ3v) is 4.66. The summed E-state index contributed by atoms with van der Waals surface area (Å²) in [6, 6.07) is 0.600. The topological polar surface area (TPSA) is 32.3 Å². The standard InChI is InChI=1S/C18H36N2O/c1-4-6-7-8-9-10-11-18(21)20-14-12-17(16(3)15-20)19-13-5-2/h16-17,19H,4-15H2,1-3H3. The maximum Gasteiger partial charge on any atom is 0.222 e. The molecule has 2 unspecified atom stereocenters. The van der Waals surface area contributed by atoms with Crippen LogP contribution in [-0.4, -0.2) is 36.5 Å². The Kier molecular flexibility index (Phi) is 9.73. The van der Waals surface area contributed by atoms with Crippen molar-refractivity contribution in [1.82, 2.24) is 10.2 Å². The molecule has 0 aromatic heterocycles. The highest BCUT2D eigenvalue weighted by Gasteiger charge is 2.27. The van der Waals surface area contributed by atoms with Crippen LogP contribution in [0.3, 0.4) is 0 Å². The highest BCUT2D eigenvalue weighted by molar-refractivity contribution is 5.76. The summed E-state index contributed by atoms with van der Waals surface area (Å²) in [4.78, 5) is 14.4. The smallest absolute Gasteiger partial charge is 0.222 e. The quantitative estimate of drug-likeness (QED) is 0.619. The first-order chi connectivity index (χ1) is 10.2. The van der Waals surface area contributed by atoms with Crippen LogP contribution in [0.25, 0.3) is 0 Å². The molecule has 1 N–H and O–H groups in total. The van der Waals surface area contributed by atoms with Gasteiger partial charge in [0.05, 0.1) is 0 Å². The predicted molar refractivity (Wildman–Crippen MR) is 90.4 cm³/mol. The third kappa shape index (κ3) is 7.30. The van der Waals surface area contributed by atoms with Crippen molar-refractivity contribution < 1.29 is 4.79 Å². The molecule has 1 rings (SSSR count). The lowest BCUT2D eigenvalue weighted by atomic mass is 9.93. The summed E-state index contributed by atoms with van der Waals surface area (Å²) in [5.41, 5.74) is 0. The number of hydrogen-bond acceptors (Lipinski definition) is 2. The highest BCUT2D eigenvalue weighted by Crippen LogP contribution is 2.18. The number of nitrogens with zero attached hydrogens (tertiary/aromatic N) is 1. The molecule has 2 atom stereocenters. The van der Waals surface area contributed by atoms with Crippen molar-refractivity contribution in [2.24, 2.45) is 5.92 Å². The molecule has 1 fully saturated rings. The van der Waals surface area contributed by atoms with E-state index in [1.165, 1.54) is 38.5 Å². The van der Waals surface area contributed by atoms with Gasteiger partial charge >= 0.3 is 0 Å². The number of rotatable bonds is 10. The van der Waals surface area contributed by atoms with Gasteiger partial charge in [-0.15, -0.1) is 0 Å². The number of nitrogens with one attached hydrogen (secondary N) is 1. The summed E-state index contributed by atoms with van der Waals surface area (Å²) in [6.45, 7) is 9.70. The Morgan fingerprint density at radius 1 is 1.10 bits per heavy atom. The zero-order valence-corrected chi connectivity index (χ0v) is 14.5. The van der Waals surface area contributed by atoms with Crippen LogP contribution in [0.4, 0.5) is 0 Å². The van der Waals surface area contributed by atoms with Crippen LogP contribution < -0.4 is 5.32 Å². The minimum Gasteiger partial charge on any atom is -0.342 e. The fourth-order valence-corrected chi connectivity index (χ4v) is 3.22. The Morgan fingerprint density at radius 2 is 1.81 bits per heavy atom. The normalized spacial score (nSPS) is 22.5. The molecule has 21 heavy (non-hydrogen) atoms. The number of carbonyl (C=O) groups excluding carboxylic acids is 1. The summed E-state index contributed by atoms with van der Waals surface area (Å²) >= 11 is 0. The number of likely N-dealkylation sites (tertiary alicyclic amines) is 1. The van der Waals surface area contributed by atoms with Gasteiger partial charge in [0, 0.05) is 25.6 Å². The van der Waals surface area contributed by atoms with E-state index in [0.717, 1.165) is 38.9 Å². The number of amides is 1. The van der Waals surface area contributed by atoms with Crippen molar-refractivity contribution in [3.8, 4) is 0 Å². The SMILES string of the molecule is CCCCCCCCC(=O)N1CCC(NCCC)C(C)C1. The molecule has 1 aliphatic heterocycles. The van der Waals surface area contributed by atoms with Crippen molar-refractivity contribution in [1.29, 1.82) is 0 Å². The Hall–Kier alpha value is -0.570. The summed E-state index contributed by atoms with van der Waals surface area (Å²) in [6.07, 6.45) is 10.6. The monoisotopic (exact) mass is 296 g/mol. The predicted octanol–water partition coefficient (Wildman–Crippen LogP) is 3.97. The number of hydrogen-bond donors (Lipinski definition) is 1. The zero-order chi connectivity index (χ0) is 15.5. The molecule has 0 bridgehead atoms. The molecule has 1 aliphatic rings. The maximum absolute atomic E-state index is 12.3. The molecule has 1 amide bonds. The lowest BCUT2D eigenvalue weighted by molar-refractivity contribution is -0.133. The van der Waals surface area contributed by atoms with Crippen LogP contribution in [0, 0.1) is 5.92 Å². The molecule has 0 aliphatic carbocycles. The van der Waals surface area contributed by atoms with Gasteiger partial charge in [0.25, 0.3) is 0 Å². The average Bonchev–Trinajstić information content (AvgIpc) is 2.49. The van der Waals surface area contributed by atoms with Gasteiger partial charge in [0.1, 0.15) is 0 Å². The van der Waals surface area contributed by atoms with Crippen LogP contribution in [0.1, 0.15) is 78.6 Å². The van der Waals surface area contributed by atoms with Crippen LogP contribution in [0.2, 0.25) is 0 Å². The Balaban J connectivity index is 2.15. The van der Waals surface area contributed by atoms with Crippen molar-refractivity contribution in [2.75, 3.05) is 19.6 Å². The number of carbonyl (C=O) groups is 1. The molecule has 0 saturated carbocycles. The van der Waals surface area contributed by atoms with E-state index >= 15 is 0 Å². The van der Waals surface area contributed by atoms with E-state index in [0.29, 0.717) is 17.9 Å². The highest BCUT2D eigenvalue weighted by atomic mass is 16.2. The maximum atomic E-state index is 12.3. The van der Waals surface area contributed by atoms with Crippen LogP contribution in [-0.2, 0) is 4.79 Å². The minimum atomic E-state index is 0.381. The third-order valence-electron chi connectivity index (χ3n) is 4.66. The molecule has 3 nitrogen and oxygen atoms in total. The van der Waals surface area contributed by atoms with E-state index in [2.05, 4.69) is 31.0 Å². The Labute approximate surface area is 131 Å². The average molecular weight is 296 g/mol. The van der Waals surface area contributed by atoms with Gasteiger partial charge in [-0.25, -0.2) is 0 Å².